The van der Waals surface area contributed by atoms with Crippen LogP contribution in [0.15, 0.2) is 404 Å². The number of fused-ring (bicyclic) bond motifs is 30. The van der Waals surface area contributed by atoms with Crippen LogP contribution in [0.2, 0.25) is 0 Å². The van der Waals surface area contributed by atoms with Gasteiger partial charge in [-0.3, -0.25) is 13.7 Å². The number of hydrogen-bond donors (Lipinski definition) is 0. The largest absolute Gasteiger partial charge is 0.456 e. The summed E-state index contributed by atoms with van der Waals surface area (Å²) in [6.45, 7) is 0. The molecule has 0 unspecified atom stereocenters. The van der Waals surface area contributed by atoms with E-state index >= 15 is 0 Å². The molecule has 12 aromatic heterocycles. The Labute approximate surface area is 733 Å². The Balaban J connectivity index is 0.0000000976. The Morgan fingerprint density at radius 3 is 1.09 bits per heavy atom. The molecule has 0 aliphatic heterocycles. The summed E-state index contributed by atoms with van der Waals surface area (Å²) in [5.41, 5.74) is 17.6. The predicted molar refractivity (Wildman–Crippen MR) is 527 cm³/mol. The number of furan rings is 5. The average Bonchev–Trinajstić information content (AvgIpc) is 1.57. The molecule has 0 fully saturated rings. The van der Waals surface area contributed by atoms with Crippen LogP contribution in [0, 0.1) is 0 Å². The van der Waals surface area contributed by atoms with E-state index in [1.54, 1.807) is 11.3 Å². The summed E-state index contributed by atoms with van der Waals surface area (Å²) < 4.78 is 40.0. The lowest BCUT2D eigenvalue weighted by molar-refractivity contribution is 0.651. The van der Waals surface area contributed by atoms with Crippen molar-refractivity contribution in [2.24, 2.45) is 0 Å². The van der Waals surface area contributed by atoms with E-state index in [9.17, 15) is 0 Å². The highest BCUT2D eigenvalue weighted by Gasteiger charge is 2.29. The third-order valence-corrected chi connectivity index (χ3v) is 26.9. The van der Waals surface area contributed by atoms with Crippen LogP contribution in [0.3, 0.4) is 0 Å². The molecule has 12 heterocycles. The topological polar surface area (TPSA) is 158 Å². The molecule has 0 atom stereocenters. The van der Waals surface area contributed by atoms with Gasteiger partial charge in [0, 0.05) is 91.1 Å². The fourth-order valence-electron chi connectivity index (χ4n) is 20.1. The molecule has 0 spiro atoms. The minimum absolute atomic E-state index is 0.543. The number of aromatic nitrogens is 9. The van der Waals surface area contributed by atoms with Crippen molar-refractivity contribution in [3.63, 3.8) is 0 Å². The maximum Gasteiger partial charge on any atom is 0.238 e. The zero-order valence-electron chi connectivity index (χ0n) is 68.3. The first-order valence-corrected chi connectivity index (χ1v) is 43.8. The molecule has 15 heteroatoms. The maximum absolute atomic E-state index is 6.44. The van der Waals surface area contributed by atoms with Crippen LogP contribution >= 0.6 is 11.3 Å². The summed E-state index contributed by atoms with van der Waals surface area (Å²) in [6, 6.07) is 133. The van der Waals surface area contributed by atoms with Gasteiger partial charge in [0.05, 0.1) is 66.1 Å². The summed E-state index contributed by atoms with van der Waals surface area (Å²) in [4.78, 5) is 32.5. The first-order chi connectivity index (χ1) is 63.9. The SMILES string of the molecule is c1ccc2cc3c(cc2c1)c1ccccc1n3-c1nc(-c2cccc3c2oc2ccccc23)nc2oc3ccccc3c12.c1ccc2cc3c(cc2c1)c1ccccc1n3-c1nc(-c2cccc3c2oc2ccccc23)nc2sc3ccccc3c12.c1ccc2cc3c(cc2c1)c1ccccc1n3-c1nc(-c2cccc3oc4ccccc4c23)c2c(n1)oc1ccccc12. The molecule has 0 aliphatic carbocycles. The number of para-hydroxylation sites is 10. The van der Waals surface area contributed by atoms with Crippen LogP contribution in [0.1, 0.15) is 0 Å². The van der Waals surface area contributed by atoms with E-state index in [-0.39, 0.29) is 0 Å². The van der Waals surface area contributed by atoms with E-state index in [0.29, 0.717) is 29.0 Å². The smallest absolute Gasteiger partial charge is 0.238 e. The molecular weight excluding hydrogens is 1610 g/mol. The number of thiophene rings is 1. The van der Waals surface area contributed by atoms with E-state index in [1.807, 2.05) is 115 Å². The Morgan fingerprint density at radius 1 is 0.209 bits per heavy atom. The normalized spacial score (nSPS) is 12.2. The molecule has 30 aromatic rings. The van der Waals surface area contributed by atoms with Crippen molar-refractivity contribution in [2.75, 3.05) is 0 Å². The van der Waals surface area contributed by atoms with Gasteiger partial charge in [-0.2, -0.15) is 9.97 Å². The number of hydrogen-bond acceptors (Lipinski definition) is 12. The second-order valence-electron chi connectivity index (χ2n) is 33.0. The number of rotatable bonds is 6. The Morgan fingerprint density at radius 2 is 0.566 bits per heavy atom. The highest BCUT2D eigenvalue weighted by atomic mass is 32.1. The average molecular weight is 1670 g/mol. The van der Waals surface area contributed by atoms with Crippen molar-refractivity contribution in [1.29, 1.82) is 0 Å². The molecule has 0 amide bonds. The quantitative estimate of drug-likeness (QED) is 0.156. The van der Waals surface area contributed by atoms with Gasteiger partial charge >= 0.3 is 0 Å². The second-order valence-corrected chi connectivity index (χ2v) is 34.0. The van der Waals surface area contributed by atoms with Gasteiger partial charge in [-0.15, -0.1) is 11.3 Å². The molecule has 0 radical (unpaired) electrons. The number of benzene rings is 18. The molecule has 0 N–H and O–H groups in total. The highest BCUT2D eigenvalue weighted by molar-refractivity contribution is 7.25. The van der Waals surface area contributed by atoms with Crippen molar-refractivity contribution < 1.29 is 22.1 Å². The summed E-state index contributed by atoms with van der Waals surface area (Å²) in [5, 5.41) is 26.6. The Kier molecular flexibility index (Phi) is 15.2. The van der Waals surface area contributed by atoms with Gasteiger partial charge in [-0.1, -0.05) is 273 Å². The molecule has 18 aromatic carbocycles. The van der Waals surface area contributed by atoms with Crippen molar-refractivity contribution in [3.05, 3.63) is 382 Å². The van der Waals surface area contributed by atoms with Crippen molar-refractivity contribution >= 4 is 239 Å². The summed E-state index contributed by atoms with van der Waals surface area (Å²) in [7, 11) is 0. The monoisotopic (exact) mass is 1670 g/mol. The lowest BCUT2D eigenvalue weighted by Gasteiger charge is -2.12. The minimum Gasteiger partial charge on any atom is -0.456 e. The molecule has 14 nitrogen and oxygen atoms in total. The van der Waals surface area contributed by atoms with Gasteiger partial charge in [0.1, 0.15) is 49.5 Å². The van der Waals surface area contributed by atoms with E-state index in [4.69, 9.17) is 52.0 Å². The van der Waals surface area contributed by atoms with Crippen LogP contribution in [-0.4, -0.2) is 43.6 Å². The van der Waals surface area contributed by atoms with Crippen molar-refractivity contribution in [1.82, 2.24) is 43.6 Å². The molecule has 0 aliphatic rings. The highest BCUT2D eigenvalue weighted by Crippen LogP contribution is 2.49. The van der Waals surface area contributed by atoms with Crippen LogP contribution in [0.5, 0.6) is 0 Å². The maximum atomic E-state index is 6.44. The van der Waals surface area contributed by atoms with Gasteiger partial charge in [-0.05, 0) is 142 Å². The first-order valence-electron chi connectivity index (χ1n) is 43.0. The van der Waals surface area contributed by atoms with Gasteiger partial charge < -0.3 is 22.1 Å². The molecular formula is C114H63N9O5S. The summed E-state index contributed by atoms with van der Waals surface area (Å²) in [5.74, 6) is 3.43. The number of nitrogens with zero attached hydrogens (tertiary/aromatic N) is 9. The zero-order valence-corrected chi connectivity index (χ0v) is 69.2. The fourth-order valence-corrected chi connectivity index (χ4v) is 21.2. The molecule has 30 rings (SSSR count). The lowest BCUT2D eigenvalue weighted by Crippen LogP contribution is -2.03. The predicted octanol–water partition coefficient (Wildman–Crippen LogP) is 31.0. The van der Waals surface area contributed by atoms with E-state index in [2.05, 4.69) is 281 Å². The summed E-state index contributed by atoms with van der Waals surface area (Å²) >= 11 is 1.71. The van der Waals surface area contributed by atoms with Crippen molar-refractivity contribution in [3.8, 4) is 51.6 Å². The van der Waals surface area contributed by atoms with E-state index in [1.165, 1.54) is 58.6 Å². The van der Waals surface area contributed by atoms with Gasteiger partial charge in [-0.25, -0.2) is 19.9 Å². The van der Waals surface area contributed by atoms with Crippen LogP contribution in [-0.2, 0) is 0 Å². The molecule has 0 saturated heterocycles. The third kappa shape index (κ3) is 10.7. The van der Waals surface area contributed by atoms with E-state index < -0.39 is 0 Å². The lowest BCUT2D eigenvalue weighted by atomic mass is 10.0. The van der Waals surface area contributed by atoms with Crippen LogP contribution < -0.4 is 0 Å². The zero-order chi connectivity index (χ0) is 84.2. The standard InChI is InChI=1S/2C38H21N3O2.C38H21N3OS/c1-2-11-23-21-31-29(20-22(23)10-1)24-12-3-6-17-30(24)41(31)37-34-27-14-5-8-19-33(27)43-38(34)40-36(39-37)28-16-9-15-26-25-13-4-7-18-32(25)42-35(26)28;1-2-11-23-21-30-28(20-22(23)10-1)24-12-3-6-16-29(24)41(30)38-39-36(35-26-14-5-8-18-32(26)43-37(35)40-38)27-15-9-19-33-34(27)25-13-4-7-17-31(25)42-33;1-2-11-23-21-31-29(20-22(23)10-1)24-12-3-6-17-30(24)41(31)37-34-27-14-5-8-19-33(27)43-38(34)40-36(39-37)28-16-9-15-26-25-13-4-7-18-32(25)42-35(26)28/h3*1-21H. The van der Waals surface area contributed by atoms with Gasteiger partial charge in [0.25, 0.3) is 0 Å². The van der Waals surface area contributed by atoms with Crippen LogP contribution in [0.25, 0.3) is 280 Å². The Hall–Kier alpha value is -17.4. The fraction of sp³-hybridized carbons (Fsp3) is 0. The summed E-state index contributed by atoms with van der Waals surface area (Å²) in [6.07, 6.45) is 0. The van der Waals surface area contributed by atoms with Crippen LogP contribution in [0.4, 0.5) is 0 Å². The third-order valence-electron chi connectivity index (χ3n) is 25.9. The Bertz CT molecular complexity index is 9670. The van der Waals surface area contributed by atoms with Gasteiger partial charge in [0.2, 0.25) is 17.4 Å². The molecule has 0 saturated carbocycles. The van der Waals surface area contributed by atoms with E-state index in [0.717, 1.165) is 192 Å². The first kappa shape index (κ1) is 71.1. The minimum atomic E-state index is 0.543. The second kappa shape index (κ2) is 27.5. The van der Waals surface area contributed by atoms with Crippen molar-refractivity contribution in [2.45, 2.75) is 0 Å². The molecule has 129 heavy (non-hydrogen) atoms. The molecule has 600 valence electrons. The molecule has 0 bridgehead atoms. The van der Waals surface area contributed by atoms with Gasteiger partial charge in [0.15, 0.2) is 23.3 Å².